The Kier molecular flexibility index (Phi) is 6.13. The molecule has 0 unspecified atom stereocenters. The number of carbonyl (C=O) groups excluding carboxylic acids is 2. The Bertz CT molecular complexity index is 976. The Morgan fingerprint density at radius 1 is 0.724 bits per heavy atom. The van der Waals surface area contributed by atoms with Gasteiger partial charge in [0.05, 0.1) is 5.41 Å². The summed E-state index contributed by atoms with van der Waals surface area (Å²) in [5.41, 5.74) is 4.15. The van der Waals surface area contributed by atoms with Crippen molar-refractivity contribution in [1.29, 1.82) is 0 Å². The lowest BCUT2D eigenvalue weighted by atomic mass is 9.83. The first-order valence-electron chi connectivity index (χ1n) is 9.67. The summed E-state index contributed by atoms with van der Waals surface area (Å²) in [5, 5.41) is 5.68. The SMILES string of the molecule is CC(=O)Nc1ccc(NC(=O)C(C)(C)c2ccc(Cc3ccccc3)cc2)cc1. The molecule has 2 N–H and O–H groups in total. The van der Waals surface area contributed by atoms with Gasteiger partial charge in [-0.3, -0.25) is 9.59 Å². The molecule has 0 heterocycles. The van der Waals surface area contributed by atoms with Gasteiger partial charge in [-0.15, -0.1) is 0 Å². The van der Waals surface area contributed by atoms with Crippen LogP contribution in [0.4, 0.5) is 11.4 Å². The smallest absolute Gasteiger partial charge is 0.234 e. The number of benzene rings is 3. The van der Waals surface area contributed by atoms with Crippen LogP contribution in [-0.4, -0.2) is 11.8 Å². The molecule has 0 saturated carbocycles. The van der Waals surface area contributed by atoms with E-state index in [1.165, 1.54) is 18.1 Å². The Hall–Kier alpha value is -3.40. The molecule has 0 radical (unpaired) electrons. The fourth-order valence-corrected chi connectivity index (χ4v) is 3.13. The number of rotatable bonds is 6. The monoisotopic (exact) mass is 386 g/mol. The summed E-state index contributed by atoms with van der Waals surface area (Å²) in [6, 6.07) is 25.6. The van der Waals surface area contributed by atoms with Crippen LogP contribution in [-0.2, 0) is 21.4 Å². The average Bonchev–Trinajstić information content (AvgIpc) is 2.70. The van der Waals surface area contributed by atoms with Crippen molar-refractivity contribution in [1.82, 2.24) is 0 Å². The molecule has 0 atom stereocenters. The highest BCUT2D eigenvalue weighted by atomic mass is 16.2. The zero-order chi connectivity index (χ0) is 20.9. The summed E-state index contributed by atoms with van der Waals surface area (Å²) in [5.74, 6) is -0.209. The standard InChI is InChI=1S/C25H26N2O2/c1-18(28)26-22-13-15-23(16-14-22)27-24(29)25(2,3)21-11-9-20(10-12-21)17-19-7-5-4-6-8-19/h4-16H,17H2,1-3H3,(H,26,28)(H,27,29). The number of nitrogens with one attached hydrogen (secondary N) is 2. The minimum atomic E-state index is -0.679. The van der Waals surface area contributed by atoms with Crippen molar-refractivity contribution in [3.05, 3.63) is 95.6 Å². The number of amides is 2. The second-order valence-electron chi connectivity index (χ2n) is 7.70. The van der Waals surface area contributed by atoms with Crippen molar-refractivity contribution in [3.8, 4) is 0 Å². The zero-order valence-electron chi connectivity index (χ0n) is 17.0. The van der Waals surface area contributed by atoms with Crippen molar-refractivity contribution in [2.75, 3.05) is 10.6 Å². The first-order valence-corrected chi connectivity index (χ1v) is 9.67. The number of carbonyl (C=O) groups is 2. The normalized spacial score (nSPS) is 11.0. The Morgan fingerprint density at radius 3 is 1.79 bits per heavy atom. The molecule has 0 aromatic heterocycles. The molecule has 0 spiro atoms. The number of anilines is 2. The summed E-state index contributed by atoms with van der Waals surface area (Å²) >= 11 is 0. The lowest BCUT2D eigenvalue weighted by Crippen LogP contribution is -2.34. The van der Waals surface area contributed by atoms with Crippen molar-refractivity contribution >= 4 is 23.2 Å². The maximum absolute atomic E-state index is 12.9. The minimum Gasteiger partial charge on any atom is -0.326 e. The molecule has 3 rings (SSSR count). The van der Waals surface area contributed by atoms with Crippen LogP contribution < -0.4 is 10.6 Å². The van der Waals surface area contributed by atoms with Gasteiger partial charge in [-0.25, -0.2) is 0 Å². The van der Waals surface area contributed by atoms with Gasteiger partial charge < -0.3 is 10.6 Å². The van der Waals surface area contributed by atoms with E-state index in [4.69, 9.17) is 0 Å². The molecule has 148 valence electrons. The largest absolute Gasteiger partial charge is 0.326 e. The van der Waals surface area contributed by atoms with Gasteiger partial charge in [-0.1, -0.05) is 54.6 Å². The molecule has 2 amide bonds. The molecule has 0 aliphatic carbocycles. The minimum absolute atomic E-state index is 0.0828. The summed E-state index contributed by atoms with van der Waals surface area (Å²) in [7, 11) is 0. The highest BCUT2D eigenvalue weighted by Gasteiger charge is 2.29. The van der Waals surface area contributed by atoms with Gasteiger partial charge in [0.1, 0.15) is 0 Å². The van der Waals surface area contributed by atoms with Gasteiger partial charge in [0.25, 0.3) is 0 Å². The van der Waals surface area contributed by atoms with Crippen LogP contribution in [0.15, 0.2) is 78.9 Å². The number of hydrogen-bond donors (Lipinski definition) is 2. The molecule has 3 aromatic rings. The molecule has 0 aliphatic rings. The first kappa shape index (κ1) is 20.3. The zero-order valence-corrected chi connectivity index (χ0v) is 17.0. The van der Waals surface area contributed by atoms with E-state index in [0.717, 1.165) is 12.0 Å². The molecule has 4 heteroatoms. The van der Waals surface area contributed by atoms with Crippen molar-refractivity contribution in [2.45, 2.75) is 32.6 Å². The molecule has 29 heavy (non-hydrogen) atoms. The predicted octanol–water partition coefficient (Wildman–Crippen LogP) is 5.15. The maximum Gasteiger partial charge on any atom is 0.234 e. The first-order chi connectivity index (χ1) is 13.8. The van der Waals surface area contributed by atoms with Gasteiger partial charge in [0, 0.05) is 18.3 Å². The third-order valence-corrected chi connectivity index (χ3v) is 4.96. The van der Waals surface area contributed by atoms with Crippen LogP contribution in [0.3, 0.4) is 0 Å². The summed E-state index contributed by atoms with van der Waals surface area (Å²) in [6.45, 7) is 5.30. The highest BCUT2D eigenvalue weighted by Crippen LogP contribution is 2.26. The second kappa shape index (κ2) is 8.74. The summed E-state index contributed by atoms with van der Waals surface area (Å²) in [4.78, 5) is 24.0. The van der Waals surface area contributed by atoms with Crippen LogP contribution in [0.25, 0.3) is 0 Å². The number of hydrogen-bond acceptors (Lipinski definition) is 2. The molecule has 4 nitrogen and oxygen atoms in total. The van der Waals surface area contributed by atoms with Gasteiger partial charge in [0.2, 0.25) is 11.8 Å². The predicted molar refractivity (Wildman–Crippen MR) is 118 cm³/mol. The Balaban J connectivity index is 1.67. The van der Waals surface area contributed by atoms with E-state index in [1.807, 2.05) is 44.2 Å². The van der Waals surface area contributed by atoms with E-state index in [1.54, 1.807) is 24.3 Å². The fourth-order valence-electron chi connectivity index (χ4n) is 3.13. The van der Waals surface area contributed by atoms with E-state index in [0.29, 0.717) is 11.4 Å². The Labute approximate surface area is 172 Å². The maximum atomic E-state index is 12.9. The van der Waals surface area contributed by atoms with Crippen LogP contribution in [0, 0.1) is 0 Å². The van der Waals surface area contributed by atoms with E-state index >= 15 is 0 Å². The summed E-state index contributed by atoms with van der Waals surface area (Å²) in [6.07, 6.45) is 0.869. The van der Waals surface area contributed by atoms with Crippen LogP contribution in [0.1, 0.15) is 37.5 Å². The van der Waals surface area contributed by atoms with Gasteiger partial charge in [-0.05, 0) is 61.2 Å². The molecule has 0 fully saturated rings. The van der Waals surface area contributed by atoms with Crippen LogP contribution in [0.2, 0.25) is 0 Å². The lowest BCUT2D eigenvalue weighted by molar-refractivity contribution is -0.120. The van der Waals surface area contributed by atoms with E-state index in [2.05, 4.69) is 34.9 Å². The third kappa shape index (κ3) is 5.32. The molecule has 0 aliphatic heterocycles. The summed E-state index contributed by atoms with van der Waals surface area (Å²) < 4.78 is 0. The van der Waals surface area contributed by atoms with E-state index in [9.17, 15) is 9.59 Å². The van der Waals surface area contributed by atoms with Gasteiger partial charge in [-0.2, -0.15) is 0 Å². The third-order valence-electron chi connectivity index (χ3n) is 4.96. The molecule has 3 aromatic carbocycles. The van der Waals surface area contributed by atoms with Gasteiger partial charge >= 0.3 is 0 Å². The van der Waals surface area contributed by atoms with Crippen molar-refractivity contribution in [3.63, 3.8) is 0 Å². The van der Waals surface area contributed by atoms with Crippen molar-refractivity contribution < 1.29 is 9.59 Å². The van der Waals surface area contributed by atoms with Gasteiger partial charge in [0.15, 0.2) is 0 Å². The van der Waals surface area contributed by atoms with E-state index in [-0.39, 0.29) is 11.8 Å². The molecule has 0 bridgehead atoms. The Morgan fingerprint density at radius 2 is 1.24 bits per heavy atom. The van der Waals surface area contributed by atoms with Crippen LogP contribution in [0.5, 0.6) is 0 Å². The highest BCUT2D eigenvalue weighted by molar-refractivity contribution is 5.99. The fraction of sp³-hybridized carbons (Fsp3) is 0.200. The van der Waals surface area contributed by atoms with Crippen molar-refractivity contribution in [2.24, 2.45) is 0 Å². The average molecular weight is 386 g/mol. The van der Waals surface area contributed by atoms with E-state index < -0.39 is 5.41 Å². The quantitative estimate of drug-likeness (QED) is 0.615. The lowest BCUT2D eigenvalue weighted by Gasteiger charge is -2.24. The topological polar surface area (TPSA) is 58.2 Å². The van der Waals surface area contributed by atoms with Crippen LogP contribution >= 0.6 is 0 Å². The molecular formula is C25H26N2O2. The second-order valence-corrected chi connectivity index (χ2v) is 7.70. The molecular weight excluding hydrogens is 360 g/mol. The molecule has 0 saturated heterocycles.